The number of hydrogen-bond acceptors (Lipinski definition) is 3. The van der Waals surface area contributed by atoms with E-state index in [0.29, 0.717) is 28.7 Å². The first-order chi connectivity index (χ1) is 12.9. The molecule has 0 fully saturated rings. The van der Waals surface area contributed by atoms with Crippen LogP contribution in [-0.2, 0) is 6.42 Å². The quantitative estimate of drug-likeness (QED) is 0.639. The molecular formula is C22H22ClN3O. The lowest BCUT2D eigenvalue weighted by Gasteiger charge is -2.19. The SMILES string of the molecule is Cc1cc(C)cc(Nc2nn(-c3ccc(Cl)cc3)c3c2C(=O)CC(C)C3)c1. The van der Waals surface area contributed by atoms with Gasteiger partial charge in [-0.25, -0.2) is 4.68 Å². The summed E-state index contributed by atoms with van der Waals surface area (Å²) in [6.45, 7) is 6.23. The normalized spacial score (nSPS) is 16.3. The van der Waals surface area contributed by atoms with Crippen LogP contribution in [0.25, 0.3) is 5.69 Å². The molecule has 4 rings (SSSR count). The van der Waals surface area contributed by atoms with E-state index in [1.807, 2.05) is 28.9 Å². The fourth-order valence-corrected chi connectivity index (χ4v) is 3.95. The molecule has 0 aliphatic heterocycles. The monoisotopic (exact) mass is 379 g/mol. The van der Waals surface area contributed by atoms with Crippen molar-refractivity contribution in [3.05, 3.63) is 69.9 Å². The Morgan fingerprint density at radius 1 is 1.07 bits per heavy atom. The molecule has 1 N–H and O–H groups in total. The van der Waals surface area contributed by atoms with Crippen LogP contribution < -0.4 is 5.32 Å². The molecule has 0 saturated heterocycles. The third-order valence-corrected chi connectivity index (χ3v) is 5.14. The molecule has 1 aliphatic rings. The van der Waals surface area contributed by atoms with Gasteiger partial charge in [0.25, 0.3) is 0 Å². The first-order valence-electron chi connectivity index (χ1n) is 9.17. The van der Waals surface area contributed by atoms with E-state index in [-0.39, 0.29) is 5.78 Å². The van der Waals surface area contributed by atoms with Crippen molar-refractivity contribution < 1.29 is 4.79 Å². The van der Waals surface area contributed by atoms with Crippen LogP contribution in [0.3, 0.4) is 0 Å². The van der Waals surface area contributed by atoms with Crippen molar-refractivity contribution in [3.8, 4) is 5.69 Å². The summed E-state index contributed by atoms with van der Waals surface area (Å²) in [5, 5.41) is 8.83. The number of carbonyl (C=O) groups excluding carboxylic acids is 1. The number of carbonyl (C=O) groups is 1. The molecule has 1 heterocycles. The van der Waals surface area contributed by atoms with Gasteiger partial charge in [-0.1, -0.05) is 24.6 Å². The van der Waals surface area contributed by atoms with Crippen molar-refractivity contribution in [1.29, 1.82) is 0 Å². The number of ketones is 1. The summed E-state index contributed by atoms with van der Waals surface area (Å²) in [6, 6.07) is 13.8. The number of fused-ring (bicyclic) bond motifs is 1. The number of Topliss-reactive ketones (excluding diaryl/α,β-unsaturated/α-hetero) is 1. The first kappa shape index (κ1) is 17.8. The highest BCUT2D eigenvalue weighted by molar-refractivity contribution is 6.30. The van der Waals surface area contributed by atoms with Crippen LogP contribution in [-0.4, -0.2) is 15.6 Å². The largest absolute Gasteiger partial charge is 0.338 e. The van der Waals surface area contributed by atoms with E-state index in [4.69, 9.17) is 16.7 Å². The fourth-order valence-electron chi connectivity index (χ4n) is 3.82. The molecule has 138 valence electrons. The smallest absolute Gasteiger partial charge is 0.168 e. The van der Waals surface area contributed by atoms with Crippen molar-refractivity contribution in [2.75, 3.05) is 5.32 Å². The summed E-state index contributed by atoms with van der Waals surface area (Å²) < 4.78 is 1.88. The zero-order valence-electron chi connectivity index (χ0n) is 15.7. The Labute approximate surface area is 164 Å². The number of aryl methyl sites for hydroxylation is 2. The fraction of sp³-hybridized carbons (Fsp3) is 0.273. The summed E-state index contributed by atoms with van der Waals surface area (Å²) in [7, 11) is 0. The number of hydrogen-bond donors (Lipinski definition) is 1. The minimum absolute atomic E-state index is 0.149. The average Bonchev–Trinajstić information content (AvgIpc) is 2.93. The van der Waals surface area contributed by atoms with E-state index in [9.17, 15) is 4.79 Å². The highest BCUT2D eigenvalue weighted by Crippen LogP contribution is 2.34. The number of anilines is 2. The van der Waals surface area contributed by atoms with Crippen molar-refractivity contribution in [3.63, 3.8) is 0 Å². The molecule has 0 saturated carbocycles. The van der Waals surface area contributed by atoms with Gasteiger partial charge in [0.15, 0.2) is 11.6 Å². The molecule has 4 nitrogen and oxygen atoms in total. The van der Waals surface area contributed by atoms with Crippen molar-refractivity contribution >= 4 is 28.9 Å². The third kappa shape index (κ3) is 3.50. The Balaban J connectivity index is 1.83. The second kappa shape index (κ2) is 6.86. The van der Waals surface area contributed by atoms with E-state index in [1.54, 1.807) is 0 Å². The van der Waals surface area contributed by atoms with Crippen LogP contribution in [0.4, 0.5) is 11.5 Å². The first-order valence-corrected chi connectivity index (χ1v) is 9.55. The van der Waals surface area contributed by atoms with Gasteiger partial charge in [-0.3, -0.25) is 4.79 Å². The Bertz CT molecular complexity index is 1000. The van der Waals surface area contributed by atoms with Crippen LogP contribution in [0.15, 0.2) is 42.5 Å². The molecule has 5 heteroatoms. The second-order valence-electron chi connectivity index (χ2n) is 7.50. The highest BCUT2D eigenvalue weighted by atomic mass is 35.5. The predicted octanol–water partition coefficient (Wildman–Crippen LogP) is 5.65. The molecule has 1 aromatic heterocycles. The van der Waals surface area contributed by atoms with E-state index >= 15 is 0 Å². The summed E-state index contributed by atoms with van der Waals surface area (Å²) in [5.41, 5.74) is 5.87. The van der Waals surface area contributed by atoms with Crippen LogP contribution in [0.5, 0.6) is 0 Å². The Morgan fingerprint density at radius 3 is 2.41 bits per heavy atom. The lowest BCUT2D eigenvalue weighted by Crippen LogP contribution is -2.19. The molecular weight excluding hydrogens is 358 g/mol. The summed E-state index contributed by atoms with van der Waals surface area (Å²) in [4.78, 5) is 12.8. The van der Waals surface area contributed by atoms with E-state index in [2.05, 4.69) is 44.3 Å². The number of nitrogens with zero attached hydrogens (tertiary/aromatic N) is 2. The molecule has 1 unspecified atom stereocenters. The van der Waals surface area contributed by atoms with Crippen LogP contribution in [0.1, 0.15) is 40.5 Å². The molecule has 0 radical (unpaired) electrons. The molecule has 3 aromatic rings. The van der Waals surface area contributed by atoms with Gasteiger partial charge in [0.05, 0.1) is 16.9 Å². The Hall–Kier alpha value is -2.59. The zero-order chi connectivity index (χ0) is 19.1. The minimum atomic E-state index is 0.149. The number of benzene rings is 2. The topological polar surface area (TPSA) is 46.9 Å². The molecule has 1 aliphatic carbocycles. The van der Waals surface area contributed by atoms with E-state index in [0.717, 1.165) is 23.5 Å². The van der Waals surface area contributed by atoms with Crippen LogP contribution in [0.2, 0.25) is 5.02 Å². The number of rotatable bonds is 3. The molecule has 0 amide bonds. The summed E-state index contributed by atoms with van der Waals surface area (Å²) in [5.74, 6) is 1.08. The van der Waals surface area contributed by atoms with Gasteiger partial charge in [0, 0.05) is 17.1 Å². The molecule has 2 aromatic carbocycles. The minimum Gasteiger partial charge on any atom is -0.338 e. The maximum absolute atomic E-state index is 12.8. The van der Waals surface area contributed by atoms with Gasteiger partial charge >= 0.3 is 0 Å². The van der Waals surface area contributed by atoms with Gasteiger partial charge in [-0.05, 0) is 73.7 Å². The van der Waals surface area contributed by atoms with Crippen molar-refractivity contribution in [2.45, 2.75) is 33.6 Å². The summed E-state index contributed by atoms with van der Waals surface area (Å²) >= 11 is 6.03. The van der Waals surface area contributed by atoms with Crippen LogP contribution >= 0.6 is 11.6 Å². The van der Waals surface area contributed by atoms with Gasteiger partial charge in [-0.2, -0.15) is 0 Å². The summed E-state index contributed by atoms with van der Waals surface area (Å²) in [6.07, 6.45) is 1.38. The van der Waals surface area contributed by atoms with Gasteiger partial charge in [0.1, 0.15) is 0 Å². The Morgan fingerprint density at radius 2 is 1.74 bits per heavy atom. The Kier molecular flexibility index (Phi) is 4.52. The van der Waals surface area contributed by atoms with Crippen molar-refractivity contribution in [1.82, 2.24) is 9.78 Å². The maximum Gasteiger partial charge on any atom is 0.168 e. The predicted molar refractivity (Wildman–Crippen MR) is 110 cm³/mol. The van der Waals surface area contributed by atoms with E-state index < -0.39 is 0 Å². The molecule has 0 spiro atoms. The average molecular weight is 380 g/mol. The molecule has 1 atom stereocenters. The third-order valence-electron chi connectivity index (χ3n) is 4.89. The van der Waals surface area contributed by atoms with E-state index in [1.165, 1.54) is 11.1 Å². The maximum atomic E-state index is 12.8. The zero-order valence-corrected chi connectivity index (χ0v) is 16.5. The highest BCUT2D eigenvalue weighted by Gasteiger charge is 2.31. The lowest BCUT2D eigenvalue weighted by molar-refractivity contribution is 0.0953. The van der Waals surface area contributed by atoms with Gasteiger partial charge in [0.2, 0.25) is 0 Å². The number of halogens is 1. The molecule has 27 heavy (non-hydrogen) atoms. The number of aromatic nitrogens is 2. The van der Waals surface area contributed by atoms with Crippen molar-refractivity contribution in [2.24, 2.45) is 5.92 Å². The number of nitrogens with one attached hydrogen (secondary N) is 1. The standard InChI is InChI=1S/C22H22ClN3O/c1-13-8-14(2)10-17(9-13)24-22-21-19(11-15(3)12-20(21)27)26(25-22)18-6-4-16(23)5-7-18/h4-10,15H,11-12H2,1-3H3,(H,24,25). The van der Waals surface area contributed by atoms with Gasteiger partial charge < -0.3 is 5.32 Å². The molecule has 0 bridgehead atoms. The second-order valence-corrected chi connectivity index (χ2v) is 7.93. The van der Waals surface area contributed by atoms with Crippen LogP contribution in [0, 0.1) is 19.8 Å². The lowest BCUT2D eigenvalue weighted by atomic mass is 9.87. The van der Waals surface area contributed by atoms with Gasteiger partial charge in [-0.15, -0.1) is 5.10 Å².